The summed E-state index contributed by atoms with van der Waals surface area (Å²) < 4.78 is 10.4. The standard InChI is InChI=1S/C15H17NO3/c1-9-5-6-11(10(2)16-9)12-7-14(18-3)15(19-4)8-13(12)17/h5-8,17H,1-4H3. The Balaban J connectivity index is 2.61. The predicted molar refractivity (Wildman–Crippen MR) is 73.9 cm³/mol. The molecule has 0 bridgehead atoms. The van der Waals surface area contributed by atoms with Crippen molar-refractivity contribution in [3.05, 3.63) is 35.7 Å². The highest BCUT2D eigenvalue weighted by Gasteiger charge is 2.14. The summed E-state index contributed by atoms with van der Waals surface area (Å²) in [5.74, 6) is 1.23. The number of aromatic nitrogens is 1. The van der Waals surface area contributed by atoms with Gasteiger partial charge >= 0.3 is 0 Å². The monoisotopic (exact) mass is 259 g/mol. The Kier molecular flexibility index (Phi) is 3.60. The molecule has 0 atom stereocenters. The Labute approximate surface area is 112 Å². The maximum Gasteiger partial charge on any atom is 0.164 e. The zero-order valence-electron chi connectivity index (χ0n) is 11.5. The molecule has 0 unspecified atom stereocenters. The van der Waals surface area contributed by atoms with E-state index in [9.17, 15) is 5.11 Å². The van der Waals surface area contributed by atoms with Crippen molar-refractivity contribution in [1.82, 2.24) is 4.98 Å². The summed E-state index contributed by atoms with van der Waals surface area (Å²) in [6.45, 7) is 3.85. The normalized spacial score (nSPS) is 10.3. The van der Waals surface area contributed by atoms with E-state index in [-0.39, 0.29) is 5.75 Å². The molecular formula is C15H17NO3. The molecule has 0 saturated heterocycles. The van der Waals surface area contributed by atoms with E-state index in [1.54, 1.807) is 19.2 Å². The van der Waals surface area contributed by atoms with E-state index in [1.807, 2.05) is 26.0 Å². The third-order valence-electron chi connectivity index (χ3n) is 3.02. The molecule has 0 amide bonds. The van der Waals surface area contributed by atoms with Crippen LogP contribution >= 0.6 is 0 Å². The van der Waals surface area contributed by atoms with Crippen LogP contribution in [0.1, 0.15) is 11.4 Å². The molecule has 1 aromatic carbocycles. The molecule has 100 valence electrons. The fraction of sp³-hybridized carbons (Fsp3) is 0.267. The molecule has 19 heavy (non-hydrogen) atoms. The number of pyridine rings is 1. The second-order valence-electron chi connectivity index (χ2n) is 4.31. The first-order valence-corrected chi connectivity index (χ1v) is 5.96. The van der Waals surface area contributed by atoms with Crippen molar-refractivity contribution in [2.24, 2.45) is 0 Å². The third-order valence-corrected chi connectivity index (χ3v) is 3.02. The maximum absolute atomic E-state index is 10.1. The van der Waals surface area contributed by atoms with Crippen LogP contribution in [-0.2, 0) is 0 Å². The third kappa shape index (κ3) is 2.47. The van der Waals surface area contributed by atoms with Crippen LogP contribution in [0.2, 0.25) is 0 Å². The highest BCUT2D eigenvalue weighted by atomic mass is 16.5. The number of rotatable bonds is 3. The number of nitrogens with zero attached hydrogens (tertiary/aromatic N) is 1. The molecule has 4 nitrogen and oxygen atoms in total. The summed E-state index contributed by atoms with van der Waals surface area (Å²) in [5, 5.41) is 10.1. The topological polar surface area (TPSA) is 51.6 Å². The van der Waals surface area contributed by atoms with Gasteiger partial charge < -0.3 is 14.6 Å². The first-order chi connectivity index (χ1) is 9.06. The second kappa shape index (κ2) is 5.18. The molecule has 0 radical (unpaired) electrons. The van der Waals surface area contributed by atoms with Crippen LogP contribution < -0.4 is 9.47 Å². The van der Waals surface area contributed by atoms with Gasteiger partial charge in [-0.2, -0.15) is 0 Å². The van der Waals surface area contributed by atoms with Gasteiger partial charge in [-0.15, -0.1) is 0 Å². The number of phenols is 1. The fourth-order valence-corrected chi connectivity index (χ4v) is 2.06. The number of phenolic OH excluding ortho intramolecular Hbond substituents is 1. The Hall–Kier alpha value is -2.23. The van der Waals surface area contributed by atoms with Crippen LogP contribution in [0.5, 0.6) is 17.2 Å². The van der Waals surface area contributed by atoms with E-state index >= 15 is 0 Å². The van der Waals surface area contributed by atoms with Crippen molar-refractivity contribution >= 4 is 0 Å². The van der Waals surface area contributed by atoms with E-state index in [1.165, 1.54) is 7.11 Å². The number of hydrogen-bond acceptors (Lipinski definition) is 4. The van der Waals surface area contributed by atoms with Gasteiger partial charge in [-0.1, -0.05) is 6.07 Å². The lowest BCUT2D eigenvalue weighted by molar-refractivity contribution is 0.352. The molecule has 1 heterocycles. The van der Waals surface area contributed by atoms with Gasteiger partial charge in [-0.3, -0.25) is 4.98 Å². The molecule has 4 heteroatoms. The Morgan fingerprint density at radius 2 is 1.58 bits per heavy atom. The second-order valence-corrected chi connectivity index (χ2v) is 4.31. The minimum absolute atomic E-state index is 0.145. The fourth-order valence-electron chi connectivity index (χ4n) is 2.06. The molecule has 0 saturated carbocycles. The van der Waals surface area contributed by atoms with Crippen molar-refractivity contribution in [2.45, 2.75) is 13.8 Å². The number of benzene rings is 1. The van der Waals surface area contributed by atoms with E-state index in [4.69, 9.17) is 9.47 Å². The van der Waals surface area contributed by atoms with Gasteiger partial charge in [0.25, 0.3) is 0 Å². The maximum atomic E-state index is 10.1. The van der Waals surface area contributed by atoms with Gasteiger partial charge in [0.1, 0.15) is 5.75 Å². The van der Waals surface area contributed by atoms with Gasteiger partial charge in [0, 0.05) is 28.6 Å². The van der Waals surface area contributed by atoms with Crippen LogP contribution in [0.15, 0.2) is 24.3 Å². The minimum atomic E-state index is 0.145. The Morgan fingerprint density at radius 3 is 2.16 bits per heavy atom. The van der Waals surface area contributed by atoms with Gasteiger partial charge in [-0.05, 0) is 26.0 Å². The van der Waals surface area contributed by atoms with E-state index in [0.29, 0.717) is 17.1 Å². The van der Waals surface area contributed by atoms with Crippen LogP contribution in [0.3, 0.4) is 0 Å². The summed E-state index contributed by atoms with van der Waals surface area (Å²) in [6.07, 6.45) is 0. The summed E-state index contributed by atoms with van der Waals surface area (Å²) in [5.41, 5.74) is 3.37. The quantitative estimate of drug-likeness (QED) is 0.920. The van der Waals surface area contributed by atoms with E-state index < -0.39 is 0 Å². The lowest BCUT2D eigenvalue weighted by Gasteiger charge is -2.13. The van der Waals surface area contributed by atoms with Crippen molar-refractivity contribution < 1.29 is 14.6 Å². The molecular weight excluding hydrogens is 242 g/mol. The molecule has 1 aromatic heterocycles. The lowest BCUT2D eigenvalue weighted by Crippen LogP contribution is -1.94. The average Bonchev–Trinajstić information content (AvgIpc) is 2.39. The largest absolute Gasteiger partial charge is 0.507 e. The lowest BCUT2D eigenvalue weighted by atomic mass is 10.0. The molecule has 2 rings (SSSR count). The SMILES string of the molecule is COc1cc(O)c(-c2ccc(C)nc2C)cc1OC. The molecule has 0 aliphatic rings. The van der Waals surface area contributed by atoms with Crippen LogP contribution in [-0.4, -0.2) is 24.3 Å². The first-order valence-electron chi connectivity index (χ1n) is 5.96. The van der Waals surface area contributed by atoms with Crippen molar-refractivity contribution in [1.29, 1.82) is 0 Å². The Bertz CT molecular complexity index is 609. The summed E-state index contributed by atoms with van der Waals surface area (Å²) in [6, 6.07) is 7.16. The van der Waals surface area contributed by atoms with Crippen LogP contribution in [0.25, 0.3) is 11.1 Å². The molecule has 0 spiro atoms. The molecule has 0 aliphatic carbocycles. The molecule has 2 aromatic rings. The van der Waals surface area contributed by atoms with Gasteiger partial charge in [0.2, 0.25) is 0 Å². The van der Waals surface area contributed by atoms with Crippen molar-refractivity contribution in [3.63, 3.8) is 0 Å². The van der Waals surface area contributed by atoms with Crippen molar-refractivity contribution in [2.75, 3.05) is 14.2 Å². The van der Waals surface area contributed by atoms with Crippen LogP contribution in [0, 0.1) is 13.8 Å². The average molecular weight is 259 g/mol. The summed E-state index contributed by atoms with van der Waals surface area (Å²) in [4.78, 5) is 4.41. The van der Waals surface area contributed by atoms with Gasteiger partial charge in [0.05, 0.1) is 14.2 Å². The smallest absolute Gasteiger partial charge is 0.164 e. The number of ether oxygens (including phenoxy) is 2. The number of aryl methyl sites for hydroxylation is 2. The highest BCUT2D eigenvalue weighted by Crippen LogP contribution is 2.40. The number of aromatic hydroxyl groups is 1. The van der Waals surface area contributed by atoms with Crippen LogP contribution in [0.4, 0.5) is 0 Å². The zero-order valence-corrected chi connectivity index (χ0v) is 11.5. The highest BCUT2D eigenvalue weighted by molar-refractivity contribution is 5.75. The van der Waals surface area contributed by atoms with E-state index in [2.05, 4.69) is 4.98 Å². The predicted octanol–water partition coefficient (Wildman–Crippen LogP) is 3.09. The minimum Gasteiger partial charge on any atom is -0.507 e. The van der Waals surface area contributed by atoms with Crippen molar-refractivity contribution in [3.8, 4) is 28.4 Å². The molecule has 0 fully saturated rings. The number of methoxy groups -OCH3 is 2. The van der Waals surface area contributed by atoms with Gasteiger partial charge in [-0.25, -0.2) is 0 Å². The zero-order chi connectivity index (χ0) is 14.0. The first kappa shape index (κ1) is 13.2. The van der Waals surface area contributed by atoms with Gasteiger partial charge in [0.15, 0.2) is 11.5 Å². The molecule has 1 N–H and O–H groups in total. The number of hydrogen-bond donors (Lipinski definition) is 1. The van der Waals surface area contributed by atoms with E-state index in [0.717, 1.165) is 17.0 Å². The Morgan fingerprint density at radius 1 is 0.947 bits per heavy atom. The molecule has 0 aliphatic heterocycles. The summed E-state index contributed by atoms with van der Waals surface area (Å²) >= 11 is 0. The summed E-state index contributed by atoms with van der Waals surface area (Å²) in [7, 11) is 3.11.